The zero-order valence-corrected chi connectivity index (χ0v) is 12.8. The highest BCUT2D eigenvalue weighted by atomic mass is 14.3. The van der Waals surface area contributed by atoms with Crippen molar-refractivity contribution < 1.29 is 0 Å². The van der Waals surface area contributed by atoms with Crippen LogP contribution in [0.1, 0.15) is 82.1 Å². The summed E-state index contributed by atoms with van der Waals surface area (Å²) in [4.78, 5) is 0. The molecular weight excluding hydrogens is 204 g/mol. The van der Waals surface area contributed by atoms with Gasteiger partial charge in [-0.15, -0.1) is 0 Å². The summed E-state index contributed by atoms with van der Waals surface area (Å²) in [6.45, 7) is 18.1. The van der Waals surface area contributed by atoms with E-state index in [1.807, 2.05) is 13.8 Å². The predicted octanol–water partition coefficient (Wildman–Crippen LogP) is 6.47. The topological polar surface area (TPSA) is 0 Å². The zero-order chi connectivity index (χ0) is 13.0. The first-order valence-electron chi connectivity index (χ1n) is 6.91. The SMILES string of the molecule is C.CC.CC(C)(C)C1=CCC(C(C)(C)C)CC1. The fraction of sp³-hybridized carbons (Fsp3) is 0.882. The van der Waals surface area contributed by atoms with Gasteiger partial charge in [0.15, 0.2) is 0 Å². The van der Waals surface area contributed by atoms with Crippen molar-refractivity contribution in [2.24, 2.45) is 16.7 Å². The van der Waals surface area contributed by atoms with E-state index >= 15 is 0 Å². The highest BCUT2D eigenvalue weighted by Gasteiger charge is 2.28. The van der Waals surface area contributed by atoms with E-state index in [4.69, 9.17) is 0 Å². The summed E-state index contributed by atoms with van der Waals surface area (Å²) in [5.74, 6) is 0.883. The van der Waals surface area contributed by atoms with Crippen LogP contribution in [0.2, 0.25) is 0 Å². The molecule has 0 heteroatoms. The minimum absolute atomic E-state index is 0. The number of hydrogen-bond acceptors (Lipinski definition) is 0. The van der Waals surface area contributed by atoms with E-state index in [1.54, 1.807) is 5.57 Å². The Kier molecular flexibility index (Phi) is 8.12. The monoisotopic (exact) mass is 240 g/mol. The molecule has 1 rings (SSSR count). The Balaban J connectivity index is 0. The van der Waals surface area contributed by atoms with Crippen molar-refractivity contribution in [1.82, 2.24) is 0 Å². The summed E-state index contributed by atoms with van der Waals surface area (Å²) in [7, 11) is 0. The molecule has 0 amide bonds. The van der Waals surface area contributed by atoms with E-state index in [-0.39, 0.29) is 7.43 Å². The van der Waals surface area contributed by atoms with Gasteiger partial charge in [-0.2, -0.15) is 0 Å². The van der Waals surface area contributed by atoms with Gasteiger partial charge in [-0.3, -0.25) is 0 Å². The zero-order valence-electron chi connectivity index (χ0n) is 12.8. The van der Waals surface area contributed by atoms with Crippen LogP contribution >= 0.6 is 0 Å². The van der Waals surface area contributed by atoms with Gasteiger partial charge in [-0.05, 0) is 36.0 Å². The van der Waals surface area contributed by atoms with Gasteiger partial charge in [0.05, 0.1) is 0 Å². The van der Waals surface area contributed by atoms with Gasteiger partial charge < -0.3 is 0 Å². The van der Waals surface area contributed by atoms with E-state index < -0.39 is 0 Å². The molecule has 0 saturated heterocycles. The molecule has 0 aromatic rings. The van der Waals surface area contributed by atoms with E-state index in [1.165, 1.54) is 19.3 Å². The quantitative estimate of drug-likeness (QED) is 0.426. The van der Waals surface area contributed by atoms with Gasteiger partial charge in [-0.25, -0.2) is 0 Å². The minimum Gasteiger partial charge on any atom is -0.0845 e. The van der Waals surface area contributed by atoms with Gasteiger partial charge in [0, 0.05) is 0 Å². The molecule has 1 unspecified atom stereocenters. The molecule has 0 nitrogen and oxygen atoms in total. The van der Waals surface area contributed by atoms with Crippen LogP contribution in [0.5, 0.6) is 0 Å². The molecule has 0 bridgehead atoms. The predicted molar refractivity (Wildman–Crippen MR) is 82.4 cm³/mol. The van der Waals surface area contributed by atoms with Gasteiger partial charge in [0.2, 0.25) is 0 Å². The first kappa shape index (κ1) is 19.1. The van der Waals surface area contributed by atoms with Crippen molar-refractivity contribution in [2.45, 2.75) is 82.1 Å². The molecule has 0 aliphatic heterocycles. The molecule has 0 spiro atoms. The average molecular weight is 240 g/mol. The summed E-state index contributed by atoms with van der Waals surface area (Å²) in [6.07, 6.45) is 6.48. The lowest BCUT2D eigenvalue weighted by Crippen LogP contribution is -2.24. The Hall–Kier alpha value is -0.260. The summed E-state index contributed by atoms with van der Waals surface area (Å²) in [5, 5.41) is 0. The summed E-state index contributed by atoms with van der Waals surface area (Å²) >= 11 is 0. The van der Waals surface area contributed by atoms with Crippen LogP contribution in [0.25, 0.3) is 0 Å². The van der Waals surface area contributed by atoms with E-state index in [0.29, 0.717) is 10.8 Å². The number of hydrogen-bond donors (Lipinski definition) is 0. The van der Waals surface area contributed by atoms with Crippen molar-refractivity contribution in [2.75, 3.05) is 0 Å². The van der Waals surface area contributed by atoms with E-state index in [2.05, 4.69) is 47.6 Å². The molecule has 0 aromatic heterocycles. The number of rotatable bonds is 0. The Bertz CT molecular complexity index is 219. The second kappa shape index (κ2) is 7.24. The largest absolute Gasteiger partial charge is 0.0845 e. The number of allylic oxidation sites excluding steroid dienone is 2. The fourth-order valence-corrected chi connectivity index (χ4v) is 2.30. The molecule has 0 N–H and O–H groups in total. The molecule has 0 fully saturated rings. The molecule has 0 saturated carbocycles. The van der Waals surface area contributed by atoms with Crippen LogP contribution in [-0.2, 0) is 0 Å². The van der Waals surface area contributed by atoms with Gasteiger partial charge in [0.1, 0.15) is 0 Å². The Morgan fingerprint density at radius 3 is 1.71 bits per heavy atom. The fourth-order valence-electron chi connectivity index (χ4n) is 2.30. The summed E-state index contributed by atoms with van der Waals surface area (Å²) in [6, 6.07) is 0. The Labute approximate surface area is 111 Å². The first-order valence-corrected chi connectivity index (χ1v) is 6.91. The second-order valence-corrected chi connectivity index (χ2v) is 6.82. The van der Waals surface area contributed by atoms with E-state index in [9.17, 15) is 0 Å². The third-order valence-electron chi connectivity index (χ3n) is 3.60. The van der Waals surface area contributed by atoms with Crippen LogP contribution in [0.4, 0.5) is 0 Å². The minimum atomic E-state index is 0. The van der Waals surface area contributed by atoms with Crippen LogP contribution in [-0.4, -0.2) is 0 Å². The lowest BCUT2D eigenvalue weighted by atomic mass is 9.69. The molecule has 0 heterocycles. The van der Waals surface area contributed by atoms with Crippen molar-refractivity contribution in [3.8, 4) is 0 Å². The normalized spacial score (nSPS) is 20.7. The molecule has 0 aromatic carbocycles. The second-order valence-electron chi connectivity index (χ2n) is 6.82. The molecule has 1 aliphatic rings. The summed E-state index contributed by atoms with van der Waals surface area (Å²) < 4.78 is 0. The third kappa shape index (κ3) is 6.29. The lowest BCUT2D eigenvalue weighted by Gasteiger charge is -2.36. The average Bonchev–Trinajstić information content (AvgIpc) is 2.18. The van der Waals surface area contributed by atoms with Crippen molar-refractivity contribution in [3.05, 3.63) is 11.6 Å². The van der Waals surface area contributed by atoms with Crippen LogP contribution < -0.4 is 0 Å². The molecule has 1 aliphatic carbocycles. The standard InChI is InChI=1S/C14H26.C2H6.CH4/c1-13(2,3)11-7-9-12(10-8-11)14(4,5)6;1-2;/h7,12H,8-10H2,1-6H3;1-2H3;1H4. The lowest BCUT2D eigenvalue weighted by molar-refractivity contribution is 0.214. The Morgan fingerprint density at radius 1 is 1.00 bits per heavy atom. The third-order valence-corrected chi connectivity index (χ3v) is 3.60. The van der Waals surface area contributed by atoms with Crippen LogP contribution in [0.3, 0.4) is 0 Å². The maximum atomic E-state index is 2.50. The summed E-state index contributed by atoms with van der Waals surface area (Å²) in [5.41, 5.74) is 2.54. The highest BCUT2D eigenvalue weighted by Crippen LogP contribution is 2.41. The van der Waals surface area contributed by atoms with Gasteiger partial charge in [0.25, 0.3) is 0 Å². The van der Waals surface area contributed by atoms with Gasteiger partial charge in [-0.1, -0.05) is 74.5 Å². The van der Waals surface area contributed by atoms with Crippen molar-refractivity contribution >= 4 is 0 Å². The maximum Gasteiger partial charge on any atom is -0.0173 e. The molecule has 1 atom stereocenters. The molecular formula is C17H36. The van der Waals surface area contributed by atoms with Crippen molar-refractivity contribution in [1.29, 1.82) is 0 Å². The first-order chi connectivity index (χ1) is 7.21. The van der Waals surface area contributed by atoms with Gasteiger partial charge >= 0.3 is 0 Å². The molecule has 104 valence electrons. The molecule has 0 radical (unpaired) electrons. The van der Waals surface area contributed by atoms with Crippen molar-refractivity contribution in [3.63, 3.8) is 0 Å². The molecule has 17 heavy (non-hydrogen) atoms. The van der Waals surface area contributed by atoms with Crippen LogP contribution in [0, 0.1) is 16.7 Å². The smallest absolute Gasteiger partial charge is 0.0173 e. The van der Waals surface area contributed by atoms with E-state index in [0.717, 1.165) is 5.92 Å². The maximum absolute atomic E-state index is 2.50. The highest BCUT2D eigenvalue weighted by molar-refractivity contribution is 5.14. The Morgan fingerprint density at radius 2 is 1.47 bits per heavy atom. The van der Waals surface area contributed by atoms with Crippen LogP contribution in [0.15, 0.2) is 11.6 Å².